The lowest BCUT2D eigenvalue weighted by atomic mass is 9.90. The summed E-state index contributed by atoms with van der Waals surface area (Å²) in [5.74, 6) is -9.88. The lowest BCUT2D eigenvalue weighted by Gasteiger charge is -2.41. The van der Waals surface area contributed by atoms with Gasteiger partial charge in [-0.3, -0.25) is 57.5 Å². The Morgan fingerprint density at radius 2 is 0.939 bits per heavy atom. The van der Waals surface area contributed by atoms with Gasteiger partial charge < -0.3 is 71.1 Å². The van der Waals surface area contributed by atoms with Crippen LogP contribution in [0.3, 0.4) is 0 Å². The SMILES string of the molecule is CC[C@H]1NC(=O)[C@H]([C@H](O)[C@H](C)CCCCCCCNC(C)=O)N(C)C(=O)[C@@H](C(C)C)N(C)C(=O)[C@@H](CC(C)C)N(C)C(=O)[C@H](CC(C)C)N(C)C(=O)[C@H](C)NC(=O)[C@@H](C)NC(=O)[C@@H](CCC(C)C)N(C)C(=O)[C@@H](C(C)C)NC(=O)[C@H](CC(C)C)N(C)C(=O)[C@@H](SCCCO)N(C)C1=O. The predicted octanol–water partition coefficient (Wildman–Crippen LogP) is 4.61. The molecule has 1 aliphatic rings. The molecule has 0 aromatic rings. The Labute approximate surface area is 591 Å². The highest BCUT2D eigenvalue weighted by molar-refractivity contribution is 8.00. The van der Waals surface area contributed by atoms with Crippen LogP contribution in [0.25, 0.3) is 0 Å². The monoisotopic (exact) mass is 1410 g/mol. The number of hydrogen-bond acceptors (Lipinski definition) is 15. The van der Waals surface area contributed by atoms with Crippen molar-refractivity contribution in [2.45, 2.75) is 273 Å². The zero-order valence-corrected chi connectivity index (χ0v) is 64.9. The molecule has 1 saturated heterocycles. The van der Waals surface area contributed by atoms with Crippen molar-refractivity contribution < 1.29 is 67.7 Å². The van der Waals surface area contributed by atoms with Crippen LogP contribution >= 0.6 is 11.8 Å². The van der Waals surface area contributed by atoms with Gasteiger partial charge in [-0.1, -0.05) is 123 Å². The first kappa shape index (κ1) is 89.9. The van der Waals surface area contributed by atoms with E-state index < -0.39 is 155 Å². The van der Waals surface area contributed by atoms with E-state index in [4.69, 9.17) is 0 Å². The zero-order chi connectivity index (χ0) is 75.5. The Morgan fingerprint density at radius 3 is 1.44 bits per heavy atom. The first-order chi connectivity index (χ1) is 45.5. The smallest absolute Gasteiger partial charge is 0.256 e. The summed E-state index contributed by atoms with van der Waals surface area (Å²) < 4.78 is 0. The predicted molar refractivity (Wildman–Crippen MR) is 383 cm³/mol. The molecule has 1 heterocycles. The molecule has 26 nitrogen and oxygen atoms in total. The van der Waals surface area contributed by atoms with Crippen LogP contribution in [-0.2, 0) is 57.5 Å². The third-order valence-electron chi connectivity index (χ3n) is 18.6. The van der Waals surface area contributed by atoms with Crippen LogP contribution < -0.4 is 26.6 Å². The number of hydrogen-bond donors (Lipinski definition) is 7. The van der Waals surface area contributed by atoms with Crippen molar-refractivity contribution in [2.75, 3.05) is 68.2 Å². The minimum atomic E-state index is -1.66. The van der Waals surface area contributed by atoms with Gasteiger partial charge in [0.05, 0.1) is 6.10 Å². The first-order valence-electron chi connectivity index (χ1n) is 35.8. The van der Waals surface area contributed by atoms with Gasteiger partial charge in [0.25, 0.3) is 5.91 Å². The number of unbranched alkanes of at least 4 members (excludes halogenated alkanes) is 4. The van der Waals surface area contributed by atoms with Gasteiger partial charge in [0.1, 0.15) is 60.4 Å². The minimum absolute atomic E-state index is 0.0350. The fraction of sp³-hybridized carbons (Fsp3) is 0.831. The Balaban J connectivity index is 4.49. The van der Waals surface area contributed by atoms with Crippen LogP contribution in [0.15, 0.2) is 0 Å². The molecule has 0 aliphatic carbocycles. The molecule has 0 spiro atoms. The van der Waals surface area contributed by atoms with E-state index in [2.05, 4.69) is 26.6 Å². The summed E-state index contributed by atoms with van der Waals surface area (Å²) in [6.07, 6.45) is 3.94. The highest BCUT2D eigenvalue weighted by Gasteiger charge is 2.46. The van der Waals surface area contributed by atoms with Crippen molar-refractivity contribution >= 4 is 82.6 Å². The number of nitrogens with zero attached hydrogens (tertiary/aromatic N) is 7. The van der Waals surface area contributed by atoms with Crippen LogP contribution in [0.5, 0.6) is 0 Å². The Morgan fingerprint density at radius 1 is 0.469 bits per heavy atom. The lowest BCUT2D eigenvalue weighted by Crippen LogP contribution is -2.64. The molecule has 13 atom stereocenters. The topological polar surface area (TPSA) is 328 Å². The third kappa shape index (κ3) is 27.5. The maximum Gasteiger partial charge on any atom is 0.256 e. The van der Waals surface area contributed by atoms with Gasteiger partial charge in [-0.2, -0.15) is 0 Å². The van der Waals surface area contributed by atoms with Crippen LogP contribution in [0.4, 0.5) is 0 Å². The summed E-state index contributed by atoms with van der Waals surface area (Å²) in [5, 5.41) is 35.1. The molecule has 98 heavy (non-hydrogen) atoms. The van der Waals surface area contributed by atoms with E-state index in [0.29, 0.717) is 25.8 Å². The summed E-state index contributed by atoms with van der Waals surface area (Å²) in [7, 11) is 9.95. The van der Waals surface area contributed by atoms with E-state index in [-0.39, 0.29) is 80.5 Å². The molecule has 564 valence electrons. The van der Waals surface area contributed by atoms with Gasteiger partial charge in [0.2, 0.25) is 65.0 Å². The van der Waals surface area contributed by atoms with Crippen LogP contribution in [0, 0.1) is 41.4 Å². The van der Waals surface area contributed by atoms with Crippen molar-refractivity contribution in [3.8, 4) is 0 Å². The molecular formula is C71H130N12O14S. The number of aliphatic hydroxyl groups is 2. The molecule has 0 radical (unpaired) electrons. The maximum absolute atomic E-state index is 15.5. The maximum atomic E-state index is 15.5. The fourth-order valence-corrected chi connectivity index (χ4v) is 13.5. The highest BCUT2D eigenvalue weighted by atomic mass is 32.2. The second kappa shape index (κ2) is 43.5. The van der Waals surface area contributed by atoms with E-state index in [1.165, 1.54) is 94.6 Å². The van der Waals surface area contributed by atoms with Gasteiger partial charge in [-0.05, 0) is 119 Å². The molecule has 7 N–H and O–H groups in total. The van der Waals surface area contributed by atoms with Crippen molar-refractivity contribution in [2.24, 2.45) is 41.4 Å². The highest BCUT2D eigenvalue weighted by Crippen LogP contribution is 2.28. The van der Waals surface area contributed by atoms with Crippen molar-refractivity contribution in [3.05, 3.63) is 0 Å². The van der Waals surface area contributed by atoms with Crippen molar-refractivity contribution in [3.63, 3.8) is 0 Å². The molecule has 0 aromatic heterocycles. The largest absolute Gasteiger partial charge is 0.396 e. The number of rotatable bonds is 26. The summed E-state index contributed by atoms with van der Waals surface area (Å²) in [4.78, 5) is 184. The molecular weight excluding hydrogens is 1280 g/mol. The lowest BCUT2D eigenvalue weighted by molar-refractivity contribution is -0.157. The molecule has 0 bridgehead atoms. The average molecular weight is 1410 g/mol. The molecule has 1 rings (SSSR count). The van der Waals surface area contributed by atoms with Crippen molar-refractivity contribution in [1.29, 1.82) is 0 Å². The zero-order valence-electron chi connectivity index (χ0n) is 64.1. The van der Waals surface area contributed by atoms with E-state index in [1.54, 1.807) is 41.5 Å². The molecule has 0 unspecified atom stereocenters. The number of amides is 12. The Kier molecular flexibility index (Phi) is 40.0. The summed E-state index contributed by atoms with van der Waals surface area (Å²) >= 11 is 1.03. The third-order valence-corrected chi connectivity index (χ3v) is 19.9. The van der Waals surface area contributed by atoms with Crippen LogP contribution in [0.1, 0.15) is 201 Å². The van der Waals surface area contributed by atoms with Gasteiger partial charge in [0, 0.05) is 69.4 Å². The Bertz CT molecular complexity index is 2610. The summed E-state index contributed by atoms with van der Waals surface area (Å²) in [6, 6.07) is -12.8. The number of carbonyl (C=O) groups excluding carboxylic acids is 12. The van der Waals surface area contributed by atoms with E-state index in [9.17, 15) is 39.0 Å². The van der Waals surface area contributed by atoms with E-state index in [1.807, 2.05) is 55.4 Å². The quantitative estimate of drug-likeness (QED) is 0.0582. The van der Waals surface area contributed by atoms with Crippen LogP contribution in [0.2, 0.25) is 0 Å². The second-order valence-electron chi connectivity index (χ2n) is 29.7. The molecule has 0 aromatic carbocycles. The minimum Gasteiger partial charge on any atom is -0.396 e. The Hall–Kier alpha value is -6.09. The molecule has 1 aliphatic heterocycles. The van der Waals surface area contributed by atoms with Crippen LogP contribution in [-0.4, -0.2) is 256 Å². The number of thioether (sulfide) groups is 1. The second-order valence-corrected chi connectivity index (χ2v) is 30.9. The molecule has 27 heteroatoms. The summed E-state index contributed by atoms with van der Waals surface area (Å²) in [6.45, 7) is 30.0. The average Bonchev–Trinajstić information content (AvgIpc) is 0.802. The van der Waals surface area contributed by atoms with E-state index >= 15 is 28.8 Å². The fourth-order valence-electron chi connectivity index (χ4n) is 12.3. The first-order valence-corrected chi connectivity index (χ1v) is 36.8. The summed E-state index contributed by atoms with van der Waals surface area (Å²) in [5.41, 5.74) is 0. The standard InChI is InChI=1S/C71H130N12O14S/c1-25-51-65(92)83(24)71(98-37-31-36-84)70(97)78(19)53(38-42(4)5)62(89)76-56(45(10)11)68(95)77(18)52(34-33-41(2)3)61(88)73-48(15)60(87)74-49(16)64(91)79(20)54(39-43(6)7)66(93)80(21)55(40-44(8)9)67(94)81(22)57(46(12)13)69(96)82(23)58(63(90)75-51)59(86)47(14)32-29-27-26-28-30-35-72-50(17)85/h41-49,51-59,71,84,86H,25-40H2,1-24H3,(H,72,85)(H,73,88)(H,74,87)(H,75,90)(H,76,89)/t47-,48-,49+,51-,52-,53+,54+,55-,56-,57-,58+,59-,71-/m1/s1. The van der Waals surface area contributed by atoms with Gasteiger partial charge >= 0.3 is 0 Å². The van der Waals surface area contributed by atoms with Crippen molar-refractivity contribution in [1.82, 2.24) is 60.9 Å². The van der Waals surface area contributed by atoms with Gasteiger partial charge in [0.15, 0.2) is 5.37 Å². The number of carbonyl (C=O) groups is 12. The van der Waals surface area contributed by atoms with Gasteiger partial charge in [-0.15, -0.1) is 11.8 Å². The number of aliphatic hydroxyl groups excluding tert-OH is 2. The number of likely N-dealkylation sites (N-methyl/N-ethyl adjacent to an activating group) is 7. The van der Waals surface area contributed by atoms with E-state index in [0.717, 1.165) is 47.2 Å². The molecule has 1 fully saturated rings. The normalized spacial score (nSPS) is 25.5. The number of nitrogens with one attached hydrogen (secondary N) is 5. The van der Waals surface area contributed by atoms with Gasteiger partial charge in [-0.25, -0.2) is 0 Å². The molecule has 0 saturated carbocycles. The molecule has 12 amide bonds.